The minimum absolute atomic E-state index is 0.137. The molecule has 1 aliphatic heterocycles. The molecule has 168 valence electrons. The maximum absolute atomic E-state index is 13.0. The molecule has 0 bridgehead atoms. The van der Waals surface area contributed by atoms with Gasteiger partial charge in [-0.15, -0.1) is 0 Å². The zero-order valence-corrected chi connectivity index (χ0v) is 18.7. The van der Waals surface area contributed by atoms with E-state index in [9.17, 15) is 9.59 Å². The first-order valence-electron chi connectivity index (χ1n) is 11.3. The lowest BCUT2D eigenvalue weighted by Gasteiger charge is -2.20. The zero-order valence-electron chi connectivity index (χ0n) is 18.7. The average molecular weight is 434 g/mol. The number of rotatable bonds is 8. The van der Waals surface area contributed by atoms with Crippen molar-refractivity contribution in [2.75, 3.05) is 18.0 Å². The van der Waals surface area contributed by atoms with Gasteiger partial charge in [-0.2, -0.15) is 0 Å². The first-order valence-corrected chi connectivity index (χ1v) is 11.3. The Balaban J connectivity index is 1.43. The molecule has 3 N–H and O–H groups in total. The van der Waals surface area contributed by atoms with Crippen LogP contribution < -0.4 is 15.5 Å². The van der Waals surface area contributed by atoms with E-state index >= 15 is 0 Å². The second-order valence-electron chi connectivity index (χ2n) is 8.72. The molecule has 1 saturated heterocycles. The van der Waals surface area contributed by atoms with E-state index in [0.29, 0.717) is 13.0 Å². The molecular weight excluding hydrogens is 402 g/mol. The molecule has 0 saturated carbocycles. The van der Waals surface area contributed by atoms with Gasteiger partial charge in [-0.25, -0.2) is 4.98 Å². The second-order valence-corrected chi connectivity index (χ2v) is 8.72. The van der Waals surface area contributed by atoms with Gasteiger partial charge in [0.15, 0.2) is 0 Å². The Hall–Kier alpha value is -3.35. The summed E-state index contributed by atoms with van der Waals surface area (Å²) < 4.78 is 0. The fourth-order valence-corrected chi connectivity index (χ4v) is 4.03. The molecule has 1 aromatic carbocycles. The van der Waals surface area contributed by atoms with Crippen LogP contribution in [0.1, 0.15) is 37.8 Å². The molecule has 2 aromatic heterocycles. The van der Waals surface area contributed by atoms with E-state index in [0.717, 1.165) is 40.9 Å². The summed E-state index contributed by atoms with van der Waals surface area (Å²) in [6.07, 6.45) is 6.56. The highest BCUT2D eigenvalue weighted by atomic mass is 16.2. The number of aromatic nitrogens is 2. The molecular formula is C25H31N5O2. The van der Waals surface area contributed by atoms with Gasteiger partial charge in [-0.3, -0.25) is 9.59 Å². The summed E-state index contributed by atoms with van der Waals surface area (Å²) in [6.45, 7) is 6.11. The highest BCUT2D eigenvalue weighted by Gasteiger charge is 2.23. The Bertz CT molecular complexity index is 1070. The summed E-state index contributed by atoms with van der Waals surface area (Å²) in [5, 5.41) is 6.95. The number of para-hydroxylation sites is 1. The van der Waals surface area contributed by atoms with Crippen LogP contribution in [-0.4, -0.2) is 40.9 Å². The van der Waals surface area contributed by atoms with Crippen LogP contribution in [-0.2, 0) is 22.6 Å². The Morgan fingerprint density at radius 1 is 1.09 bits per heavy atom. The van der Waals surface area contributed by atoms with Gasteiger partial charge < -0.3 is 20.5 Å². The van der Waals surface area contributed by atoms with Gasteiger partial charge in [0.05, 0.1) is 0 Å². The minimum Gasteiger partial charge on any atom is -0.361 e. The lowest BCUT2D eigenvalue weighted by Crippen LogP contribution is -2.48. The molecule has 2 amide bonds. The molecule has 32 heavy (non-hydrogen) atoms. The predicted octanol–water partition coefficient (Wildman–Crippen LogP) is 3.16. The molecule has 4 rings (SSSR count). The number of carbonyl (C=O) groups is 2. The highest BCUT2D eigenvalue weighted by molar-refractivity contribution is 5.90. The highest BCUT2D eigenvalue weighted by Crippen LogP contribution is 2.20. The molecule has 7 heteroatoms. The molecule has 1 unspecified atom stereocenters. The van der Waals surface area contributed by atoms with Gasteiger partial charge in [0.2, 0.25) is 11.8 Å². The van der Waals surface area contributed by atoms with Crippen molar-refractivity contribution >= 4 is 28.5 Å². The SMILES string of the molecule is CC(C)C(=O)NC(Cc1c[nH]c2ccccc12)C(=O)NCc1ccc(N2CCCC2)nc1. The lowest BCUT2D eigenvalue weighted by atomic mass is 10.0. The minimum atomic E-state index is -0.652. The van der Waals surface area contributed by atoms with Crippen molar-refractivity contribution in [3.8, 4) is 0 Å². The fourth-order valence-electron chi connectivity index (χ4n) is 4.03. The largest absolute Gasteiger partial charge is 0.361 e. The standard InChI is InChI=1S/C25H31N5O2/c1-17(2)24(31)29-22(13-19-16-26-21-8-4-3-7-20(19)21)25(32)28-15-18-9-10-23(27-14-18)30-11-5-6-12-30/h3-4,7-10,14,16-17,22,26H,5-6,11-13,15H2,1-2H3,(H,28,32)(H,29,31). The number of carbonyl (C=O) groups excluding carboxylic acids is 2. The Morgan fingerprint density at radius 2 is 1.88 bits per heavy atom. The molecule has 3 aromatic rings. The van der Waals surface area contributed by atoms with Crippen LogP contribution in [0.15, 0.2) is 48.8 Å². The summed E-state index contributed by atoms with van der Waals surface area (Å²) in [4.78, 5) is 35.5. The number of benzene rings is 1. The molecule has 1 aliphatic rings. The maximum atomic E-state index is 13.0. The first-order chi connectivity index (χ1) is 15.5. The molecule has 0 spiro atoms. The molecule has 0 radical (unpaired) electrons. The quantitative estimate of drug-likeness (QED) is 0.509. The van der Waals surface area contributed by atoms with Crippen molar-refractivity contribution in [2.24, 2.45) is 5.92 Å². The topological polar surface area (TPSA) is 90.1 Å². The number of fused-ring (bicyclic) bond motifs is 1. The van der Waals surface area contributed by atoms with Crippen molar-refractivity contribution in [1.29, 1.82) is 0 Å². The third-order valence-corrected chi connectivity index (χ3v) is 5.96. The molecule has 3 heterocycles. The van der Waals surface area contributed by atoms with Gasteiger partial charge in [-0.05, 0) is 36.1 Å². The summed E-state index contributed by atoms with van der Waals surface area (Å²) in [6, 6.07) is 11.3. The number of pyridine rings is 1. The van der Waals surface area contributed by atoms with E-state index in [-0.39, 0.29) is 17.7 Å². The van der Waals surface area contributed by atoms with Gasteiger partial charge in [-0.1, -0.05) is 38.1 Å². The smallest absolute Gasteiger partial charge is 0.243 e. The normalized spacial score (nSPS) is 14.7. The number of nitrogens with one attached hydrogen (secondary N) is 3. The third kappa shape index (κ3) is 5.10. The zero-order chi connectivity index (χ0) is 22.5. The maximum Gasteiger partial charge on any atom is 0.243 e. The summed E-state index contributed by atoms with van der Waals surface area (Å²) in [5.41, 5.74) is 2.95. The molecule has 0 aliphatic carbocycles. The number of hydrogen-bond acceptors (Lipinski definition) is 4. The van der Waals surface area contributed by atoms with E-state index in [1.54, 1.807) is 0 Å². The summed E-state index contributed by atoms with van der Waals surface area (Å²) >= 11 is 0. The van der Waals surface area contributed by atoms with Crippen LogP contribution in [0.5, 0.6) is 0 Å². The number of nitrogens with zero attached hydrogens (tertiary/aromatic N) is 2. The second kappa shape index (κ2) is 9.85. The lowest BCUT2D eigenvalue weighted by molar-refractivity contribution is -0.130. The van der Waals surface area contributed by atoms with E-state index < -0.39 is 6.04 Å². The number of amides is 2. The average Bonchev–Trinajstić information content (AvgIpc) is 3.48. The molecule has 1 fully saturated rings. The van der Waals surface area contributed by atoms with Crippen LogP contribution in [0.2, 0.25) is 0 Å². The van der Waals surface area contributed by atoms with Gasteiger partial charge in [0, 0.05) is 55.3 Å². The number of H-pyrrole nitrogens is 1. The van der Waals surface area contributed by atoms with E-state index in [1.807, 2.05) is 62.6 Å². The molecule has 7 nitrogen and oxygen atoms in total. The Kier molecular flexibility index (Phi) is 6.73. The van der Waals surface area contributed by atoms with Crippen molar-refractivity contribution in [3.05, 3.63) is 59.9 Å². The van der Waals surface area contributed by atoms with Crippen LogP contribution in [0.3, 0.4) is 0 Å². The van der Waals surface area contributed by atoms with Gasteiger partial charge in [0.25, 0.3) is 0 Å². The number of aromatic amines is 1. The van der Waals surface area contributed by atoms with Crippen LogP contribution in [0.4, 0.5) is 5.82 Å². The van der Waals surface area contributed by atoms with Gasteiger partial charge in [0.1, 0.15) is 11.9 Å². The summed E-state index contributed by atoms with van der Waals surface area (Å²) in [5.74, 6) is 0.448. The molecule has 1 atom stereocenters. The van der Waals surface area contributed by atoms with E-state index in [2.05, 4.69) is 25.5 Å². The monoisotopic (exact) mass is 433 g/mol. The number of anilines is 1. The van der Waals surface area contributed by atoms with Crippen molar-refractivity contribution < 1.29 is 9.59 Å². The van der Waals surface area contributed by atoms with Crippen LogP contribution in [0, 0.1) is 5.92 Å². The Morgan fingerprint density at radius 3 is 2.59 bits per heavy atom. The third-order valence-electron chi connectivity index (χ3n) is 5.96. The predicted molar refractivity (Wildman–Crippen MR) is 126 cm³/mol. The van der Waals surface area contributed by atoms with Crippen LogP contribution >= 0.6 is 0 Å². The van der Waals surface area contributed by atoms with Crippen molar-refractivity contribution in [2.45, 2.75) is 45.7 Å². The van der Waals surface area contributed by atoms with Gasteiger partial charge >= 0.3 is 0 Å². The first kappa shape index (κ1) is 21.9. The fraction of sp³-hybridized carbons (Fsp3) is 0.400. The van der Waals surface area contributed by atoms with E-state index in [4.69, 9.17) is 0 Å². The number of hydrogen-bond donors (Lipinski definition) is 3. The van der Waals surface area contributed by atoms with Crippen molar-refractivity contribution in [3.63, 3.8) is 0 Å². The van der Waals surface area contributed by atoms with Crippen molar-refractivity contribution in [1.82, 2.24) is 20.6 Å². The van der Waals surface area contributed by atoms with E-state index in [1.165, 1.54) is 12.8 Å². The Labute approximate surface area is 188 Å². The van der Waals surface area contributed by atoms with Crippen LogP contribution in [0.25, 0.3) is 10.9 Å². The summed E-state index contributed by atoms with van der Waals surface area (Å²) in [7, 11) is 0.